The molecule has 0 N–H and O–H groups in total. The van der Waals surface area contributed by atoms with Gasteiger partial charge in [0.1, 0.15) is 0 Å². The maximum Gasteiger partial charge on any atom is 2.00 e. The van der Waals surface area contributed by atoms with Crippen molar-refractivity contribution in [2.45, 2.75) is 19.9 Å². The minimum absolute atomic E-state index is 0. The average Bonchev–Trinajstić information content (AvgIpc) is 3.56. The third kappa shape index (κ3) is 5.46. The second-order valence-corrected chi connectivity index (χ2v) is 9.15. The van der Waals surface area contributed by atoms with Crippen molar-refractivity contribution in [3.63, 3.8) is 0 Å². The summed E-state index contributed by atoms with van der Waals surface area (Å²) in [6, 6.07) is 37.3. The zero-order valence-corrected chi connectivity index (χ0v) is 23.3. The van der Waals surface area contributed by atoms with Crippen molar-refractivity contribution in [2.75, 3.05) is 0 Å². The van der Waals surface area contributed by atoms with Crippen LogP contribution in [0, 0.1) is 12.1 Å². The van der Waals surface area contributed by atoms with E-state index in [2.05, 4.69) is 78.8 Å². The summed E-state index contributed by atoms with van der Waals surface area (Å²) in [7, 11) is 0. The molecule has 0 spiro atoms. The van der Waals surface area contributed by atoms with Gasteiger partial charge in [0.05, 0.1) is 12.2 Å². The van der Waals surface area contributed by atoms with Crippen LogP contribution in [0.15, 0.2) is 120 Å². The molecule has 188 valence electrons. The molecule has 0 bridgehead atoms. The number of hydrogen-bond acceptors (Lipinski definition) is 3. The van der Waals surface area contributed by atoms with Crippen LogP contribution in [0.4, 0.5) is 0 Å². The summed E-state index contributed by atoms with van der Waals surface area (Å²) in [6.07, 6.45) is 5.99. The Bertz CT molecular complexity index is 1620. The largest absolute Gasteiger partial charge is 2.00 e. The number of aromatic nitrogens is 2. The van der Waals surface area contributed by atoms with Crippen molar-refractivity contribution in [1.29, 1.82) is 0 Å². The summed E-state index contributed by atoms with van der Waals surface area (Å²) >= 11 is 0. The van der Waals surface area contributed by atoms with Gasteiger partial charge in [-0.2, -0.15) is 23.3 Å². The molecular weight excluding hydrogens is 649 g/mol. The predicted octanol–water partition coefficient (Wildman–Crippen LogP) is 8.06. The molecule has 0 saturated heterocycles. The van der Waals surface area contributed by atoms with E-state index in [1.807, 2.05) is 66.5 Å². The van der Waals surface area contributed by atoms with E-state index in [-0.39, 0.29) is 27.1 Å². The molecular formula is C33H25N3OPt. The number of hydrogen-bond donors (Lipinski definition) is 0. The molecule has 38 heavy (non-hydrogen) atoms. The molecule has 1 aliphatic rings. The first-order chi connectivity index (χ1) is 18.1. The molecule has 1 aromatic heterocycles. The third-order valence-electron chi connectivity index (χ3n) is 6.41. The van der Waals surface area contributed by atoms with Gasteiger partial charge in [0.15, 0.2) is 0 Å². The molecule has 2 heterocycles. The van der Waals surface area contributed by atoms with Crippen molar-refractivity contribution >= 4 is 5.71 Å². The number of benzene rings is 4. The number of nitrogens with zero attached hydrogens (tertiary/aromatic N) is 3. The van der Waals surface area contributed by atoms with E-state index in [1.54, 1.807) is 0 Å². The third-order valence-corrected chi connectivity index (χ3v) is 6.41. The van der Waals surface area contributed by atoms with Gasteiger partial charge in [0.25, 0.3) is 0 Å². The Labute approximate surface area is 237 Å². The molecule has 6 rings (SSSR count). The quantitative estimate of drug-likeness (QED) is 0.171. The van der Waals surface area contributed by atoms with Gasteiger partial charge in [-0.1, -0.05) is 54.6 Å². The Kier molecular flexibility index (Phi) is 7.53. The van der Waals surface area contributed by atoms with Gasteiger partial charge in [0, 0.05) is 29.0 Å². The topological polar surface area (TPSA) is 39.4 Å². The fourth-order valence-electron chi connectivity index (χ4n) is 4.59. The Hall–Kier alpha value is -4.01. The molecule has 4 aromatic carbocycles. The first-order valence-electron chi connectivity index (χ1n) is 12.3. The van der Waals surface area contributed by atoms with Crippen LogP contribution in [-0.2, 0) is 21.1 Å². The van der Waals surface area contributed by atoms with Crippen LogP contribution in [0.5, 0.6) is 11.5 Å². The van der Waals surface area contributed by atoms with Crippen LogP contribution in [0.25, 0.3) is 27.9 Å². The molecule has 5 aromatic rings. The second kappa shape index (κ2) is 11.2. The van der Waals surface area contributed by atoms with Gasteiger partial charge in [-0.05, 0) is 47.9 Å². The van der Waals surface area contributed by atoms with Gasteiger partial charge in [-0.25, -0.2) is 0 Å². The molecule has 5 heteroatoms. The van der Waals surface area contributed by atoms with Crippen LogP contribution in [0.3, 0.4) is 0 Å². The summed E-state index contributed by atoms with van der Waals surface area (Å²) in [6.45, 7) is 4.12. The summed E-state index contributed by atoms with van der Waals surface area (Å²) < 4.78 is 7.95. The van der Waals surface area contributed by atoms with Crippen molar-refractivity contribution in [3.05, 3.63) is 133 Å². The predicted molar refractivity (Wildman–Crippen MR) is 148 cm³/mol. The SMILES string of the molecule is CC1=CC(C)=NC1c1[c-]c(Oc2[c-]c(-n3cc(-c4ccc(-c5ccccc5)cc4)cn3)ccc2)ccc1.[Pt+2]. The molecule has 1 unspecified atom stereocenters. The zero-order chi connectivity index (χ0) is 25.2. The maximum atomic E-state index is 6.13. The summed E-state index contributed by atoms with van der Waals surface area (Å²) in [5.41, 5.74) is 8.59. The van der Waals surface area contributed by atoms with Crippen LogP contribution < -0.4 is 4.74 Å². The minimum atomic E-state index is 0. The van der Waals surface area contributed by atoms with Gasteiger partial charge in [-0.15, -0.1) is 35.9 Å². The fraction of sp³-hybridized carbons (Fsp3) is 0.0909. The van der Waals surface area contributed by atoms with E-state index in [9.17, 15) is 0 Å². The maximum absolute atomic E-state index is 6.13. The van der Waals surface area contributed by atoms with E-state index in [0.717, 1.165) is 28.1 Å². The van der Waals surface area contributed by atoms with E-state index >= 15 is 0 Å². The van der Waals surface area contributed by atoms with E-state index in [4.69, 9.17) is 9.73 Å². The Morgan fingerprint density at radius 1 is 0.711 bits per heavy atom. The van der Waals surface area contributed by atoms with Crippen LogP contribution in [-0.4, -0.2) is 15.5 Å². The molecule has 1 aliphatic heterocycles. The van der Waals surface area contributed by atoms with E-state index in [0.29, 0.717) is 11.5 Å². The Morgan fingerprint density at radius 3 is 2.08 bits per heavy atom. The molecule has 0 aliphatic carbocycles. The normalized spacial score (nSPS) is 14.4. The van der Waals surface area contributed by atoms with Gasteiger partial charge >= 0.3 is 21.1 Å². The molecule has 4 nitrogen and oxygen atoms in total. The van der Waals surface area contributed by atoms with E-state index < -0.39 is 0 Å². The van der Waals surface area contributed by atoms with Gasteiger partial charge in [0.2, 0.25) is 0 Å². The van der Waals surface area contributed by atoms with Crippen molar-refractivity contribution in [1.82, 2.24) is 9.78 Å². The van der Waals surface area contributed by atoms with Gasteiger partial charge < -0.3 is 4.74 Å². The standard InChI is InChI=1S/C33H25N3O.Pt/c1-23-18-24(2)35-33(23)28-10-6-12-31(19-28)37-32-13-7-11-30(20-32)36-22-29(21-34-36)27-16-14-26(15-17-27)25-8-4-3-5-9-25;/h3-18,21-22,33H,1-2H3;/q-2;+2. The Morgan fingerprint density at radius 2 is 1.37 bits per heavy atom. The van der Waals surface area contributed by atoms with E-state index in [1.165, 1.54) is 16.7 Å². The fourth-order valence-corrected chi connectivity index (χ4v) is 4.59. The molecule has 1 atom stereocenters. The zero-order valence-electron chi connectivity index (χ0n) is 21.0. The average molecular weight is 675 g/mol. The summed E-state index contributed by atoms with van der Waals surface area (Å²) in [5, 5.41) is 4.57. The van der Waals surface area contributed by atoms with Crippen LogP contribution in [0.1, 0.15) is 25.5 Å². The van der Waals surface area contributed by atoms with Crippen molar-refractivity contribution in [2.24, 2.45) is 4.99 Å². The first kappa shape index (κ1) is 25.6. The number of rotatable bonds is 6. The second-order valence-electron chi connectivity index (χ2n) is 9.15. The number of ether oxygens (including phenoxy) is 1. The number of aliphatic imine (C=N–C) groups is 1. The van der Waals surface area contributed by atoms with Gasteiger partial charge in [-0.3, -0.25) is 9.67 Å². The molecule has 0 saturated carbocycles. The number of allylic oxidation sites excluding steroid dienone is 1. The summed E-state index contributed by atoms with van der Waals surface area (Å²) in [4.78, 5) is 4.71. The minimum Gasteiger partial charge on any atom is -0.509 e. The first-order valence-corrected chi connectivity index (χ1v) is 12.3. The summed E-state index contributed by atoms with van der Waals surface area (Å²) in [5.74, 6) is 1.24. The van der Waals surface area contributed by atoms with Crippen molar-refractivity contribution in [3.8, 4) is 39.4 Å². The molecule has 0 radical (unpaired) electrons. The smallest absolute Gasteiger partial charge is 0.509 e. The molecule has 0 amide bonds. The van der Waals surface area contributed by atoms with Crippen LogP contribution >= 0.6 is 0 Å². The van der Waals surface area contributed by atoms with Crippen molar-refractivity contribution < 1.29 is 25.8 Å². The van der Waals surface area contributed by atoms with Crippen LogP contribution in [0.2, 0.25) is 0 Å². The Balaban J connectivity index is 0.00000294. The monoisotopic (exact) mass is 674 g/mol. The molecule has 0 fully saturated rings.